The fourth-order valence-corrected chi connectivity index (χ4v) is 2.79. The van der Waals surface area contributed by atoms with Crippen LogP contribution in [0.15, 0.2) is 12.1 Å². The first-order chi connectivity index (χ1) is 8.16. The van der Waals surface area contributed by atoms with Crippen molar-refractivity contribution in [1.82, 2.24) is 4.98 Å². The monoisotopic (exact) mass is 250 g/mol. The summed E-state index contributed by atoms with van der Waals surface area (Å²) in [7, 11) is 0. The van der Waals surface area contributed by atoms with Crippen LogP contribution in [0.3, 0.4) is 0 Å². The molecule has 0 aliphatic heterocycles. The first-order valence-electron chi connectivity index (χ1n) is 5.64. The Morgan fingerprint density at radius 2 is 2.06 bits per heavy atom. The van der Waals surface area contributed by atoms with Crippen LogP contribution in [0, 0.1) is 10.1 Å². The Hall–Kier alpha value is -1.55. The molecule has 1 heterocycles. The quantitative estimate of drug-likeness (QED) is 0.621. The van der Waals surface area contributed by atoms with Crippen LogP contribution in [-0.4, -0.2) is 9.91 Å². The molecular weight excluding hydrogens is 240 g/mol. The Balaban J connectivity index is 2.28. The molecule has 4 nitrogen and oxygen atoms in total. The number of fused-ring (bicyclic) bond motifs is 3. The molecular formula is C12H11ClN2O2. The van der Waals surface area contributed by atoms with Crippen LogP contribution >= 0.6 is 11.6 Å². The van der Waals surface area contributed by atoms with Crippen LogP contribution in [0.4, 0.5) is 5.69 Å². The average molecular weight is 251 g/mol. The van der Waals surface area contributed by atoms with Gasteiger partial charge in [0.1, 0.15) is 5.02 Å². The fourth-order valence-electron chi connectivity index (χ4n) is 2.56. The first-order valence-corrected chi connectivity index (χ1v) is 6.02. The van der Waals surface area contributed by atoms with Gasteiger partial charge in [-0.15, -0.1) is 0 Å². The molecule has 1 aromatic carbocycles. The lowest BCUT2D eigenvalue weighted by molar-refractivity contribution is -0.384. The lowest BCUT2D eigenvalue weighted by atomic mass is 9.96. The first kappa shape index (κ1) is 10.6. The molecule has 0 saturated carbocycles. The summed E-state index contributed by atoms with van der Waals surface area (Å²) < 4.78 is 0. The number of aromatic nitrogens is 1. The highest BCUT2D eigenvalue weighted by Crippen LogP contribution is 2.35. The van der Waals surface area contributed by atoms with Gasteiger partial charge in [0.15, 0.2) is 0 Å². The van der Waals surface area contributed by atoms with Crippen molar-refractivity contribution in [2.24, 2.45) is 0 Å². The van der Waals surface area contributed by atoms with E-state index in [4.69, 9.17) is 11.6 Å². The zero-order chi connectivity index (χ0) is 12.0. The molecule has 0 fully saturated rings. The van der Waals surface area contributed by atoms with Crippen molar-refractivity contribution >= 4 is 28.2 Å². The molecule has 17 heavy (non-hydrogen) atoms. The number of hydrogen-bond donors (Lipinski definition) is 1. The highest BCUT2D eigenvalue weighted by Gasteiger charge is 2.20. The van der Waals surface area contributed by atoms with Gasteiger partial charge in [-0.3, -0.25) is 10.1 Å². The highest BCUT2D eigenvalue weighted by molar-refractivity contribution is 6.33. The molecule has 1 N–H and O–H groups in total. The second kappa shape index (κ2) is 3.74. The zero-order valence-electron chi connectivity index (χ0n) is 9.12. The van der Waals surface area contributed by atoms with Gasteiger partial charge in [0, 0.05) is 17.1 Å². The van der Waals surface area contributed by atoms with Gasteiger partial charge < -0.3 is 4.98 Å². The average Bonchev–Trinajstić information content (AvgIpc) is 2.65. The predicted molar refractivity (Wildman–Crippen MR) is 66.6 cm³/mol. The molecule has 5 heteroatoms. The summed E-state index contributed by atoms with van der Waals surface area (Å²) >= 11 is 5.94. The maximum absolute atomic E-state index is 10.8. The molecule has 88 valence electrons. The lowest BCUT2D eigenvalue weighted by Gasteiger charge is -2.10. The maximum Gasteiger partial charge on any atom is 0.289 e. The summed E-state index contributed by atoms with van der Waals surface area (Å²) in [5.41, 5.74) is 3.29. The minimum absolute atomic E-state index is 0.0298. The molecule has 0 unspecified atom stereocenters. The number of nitrogens with zero attached hydrogens (tertiary/aromatic N) is 1. The summed E-state index contributed by atoms with van der Waals surface area (Å²) in [6.07, 6.45) is 4.41. The number of aryl methyl sites for hydroxylation is 2. The van der Waals surface area contributed by atoms with E-state index in [0.29, 0.717) is 0 Å². The third kappa shape index (κ3) is 1.60. The molecule has 1 aromatic heterocycles. The number of nitro benzene ring substituents is 1. The zero-order valence-corrected chi connectivity index (χ0v) is 9.88. The molecule has 1 aliphatic carbocycles. The number of H-pyrrole nitrogens is 1. The van der Waals surface area contributed by atoms with Gasteiger partial charge in [-0.25, -0.2) is 0 Å². The summed E-state index contributed by atoms with van der Waals surface area (Å²) in [5.74, 6) is 0. The van der Waals surface area contributed by atoms with Gasteiger partial charge >= 0.3 is 0 Å². The molecule has 1 aliphatic rings. The molecule has 0 spiro atoms. The summed E-state index contributed by atoms with van der Waals surface area (Å²) in [4.78, 5) is 13.6. The Morgan fingerprint density at radius 1 is 1.29 bits per heavy atom. The van der Waals surface area contributed by atoms with Crippen LogP contribution in [0.5, 0.6) is 0 Å². The number of rotatable bonds is 1. The third-order valence-electron chi connectivity index (χ3n) is 3.36. The van der Waals surface area contributed by atoms with Gasteiger partial charge in [0.05, 0.1) is 10.4 Å². The minimum atomic E-state index is -0.443. The van der Waals surface area contributed by atoms with Crippen LogP contribution in [0.25, 0.3) is 10.9 Å². The van der Waals surface area contributed by atoms with Crippen LogP contribution in [0.2, 0.25) is 5.02 Å². The normalized spacial score (nSPS) is 14.9. The van der Waals surface area contributed by atoms with E-state index in [-0.39, 0.29) is 10.7 Å². The van der Waals surface area contributed by atoms with Crippen molar-refractivity contribution in [2.75, 3.05) is 0 Å². The number of hydrogen-bond acceptors (Lipinski definition) is 2. The highest BCUT2D eigenvalue weighted by atomic mass is 35.5. The lowest BCUT2D eigenvalue weighted by Crippen LogP contribution is -1.99. The standard InChI is InChI=1S/C12H11ClN2O2/c13-9-5-8-7-3-1-2-4-10(7)14-11(8)6-12(9)15(16)17/h5-6,14H,1-4H2. The summed E-state index contributed by atoms with van der Waals surface area (Å²) in [5, 5.41) is 12.1. The molecule has 0 atom stereocenters. The van der Waals surface area contributed by atoms with Gasteiger partial charge in [-0.1, -0.05) is 11.6 Å². The number of nitro groups is 1. The van der Waals surface area contributed by atoms with E-state index in [1.54, 1.807) is 6.07 Å². The van der Waals surface area contributed by atoms with Crippen LogP contribution < -0.4 is 0 Å². The molecule has 0 radical (unpaired) electrons. The van der Waals surface area contributed by atoms with Gasteiger partial charge in [0.25, 0.3) is 5.69 Å². The van der Waals surface area contributed by atoms with Crippen molar-refractivity contribution in [1.29, 1.82) is 0 Å². The fraction of sp³-hybridized carbons (Fsp3) is 0.333. The Kier molecular flexibility index (Phi) is 2.33. The molecule has 2 aromatic rings. The Bertz CT molecular complexity index is 618. The van der Waals surface area contributed by atoms with Crippen molar-refractivity contribution < 1.29 is 4.92 Å². The van der Waals surface area contributed by atoms with Crippen LogP contribution in [0.1, 0.15) is 24.1 Å². The van der Waals surface area contributed by atoms with Gasteiger partial charge in [-0.05, 0) is 37.3 Å². The number of aromatic amines is 1. The van der Waals surface area contributed by atoms with Gasteiger partial charge in [-0.2, -0.15) is 0 Å². The topological polar surface area (TPSA) is 58.9 Å². The SMILES string of the molecule is O=[N+]([O-])c1cc2[nH]c3c(c2cc1Cl)CCCC3. The smallest absolute Gasteiger partial charge is 0.289 e. The van der Waals surface area contributed by atoms with E-state index in [1.807, 2.05) is 0 Å². The van der Waals surface area contributed by atoms with E-state index in [0.717, 1.165) is 23.7 Å². The number of benzene rings is 1. The van der Waals surface area contributed by atoms with E-state index < -0.39 is 4.92 Å². The molecule has 0 saturated heterocycles. The van der Waals surface area contributed by atoms with Gasteiger partial charge in [0.2, 0.25) is 0 Å². The summed E-state index contributed by atoms with van der Waals surface area (Å²) in [6, 6.07) is 3.26. The van der Waals surface area contributed by atoms with Crippen molar-refractivity contribution in [3.05, 3.63) is 38.5 Å². The molecule has 0 bridgehead atoms. The second-order valence-corrected chi connectivity index (χ2v) is 4.80. The second-order valence-electron chi connectivity index (χ2n) is 4.40. The largest absolute Gasteiger partial charge is 0.358 e. The van der Waals surface area contributed by atoms with E-state index >= 15 is 0 Å². The minimum Gasteiger partial charge on any atom is -0.358 e. The number of halogens is 1. The van der Waals surface area contributed by atoms with E-state index in [1.165, 1.54) is 30.2 Å². The van der Waals surface area contributed by atoms with E-state index in [2.05, 4.69) is 4.98 Å². The molecule has 3 rings (SSSR count). The van der Waals surface area contributed by atoms with Crippen LogP contribution in [-0.2, 0) is 12.8 Å². The molecule has 0 amide bonds. The maximum atomic E-state index is 10.8. The van der Waals surface area contributed by atoms with Crippen molar-refractivity contribution in [3.63, 3.8) is 0 Å². The summed E-state index contributed by atoms with van der Waals surface area (Å²) in [6.45, 7) is 0. The third-order valence-corrected chi connectivity index (χ3v) is 3.66. The Morgan fingerprint density at radius 3 is 2.82 bits per heavy atom. The predicted octanol–water partition coefficient (Wildman–Crippen LogP) is 3.61. The number of nitrogens with one attached hydrogen (secondary N) is 1. The Labute approximate surface area is 103 Å². The van der Waals surface area contributed by atoms with Crippen molar-refractivity contribution in [2.45, 2.75) is 25.7 Å². The van der Waals surface area contributed by atoms with Crippen molar-refractivity contribution in [3.8, 4) is 0 Å². The van der Waals surface area contributed by atoms with E-state index in [9.17, 15) is 10.1 Å².